The first-order valence-corrected chi connectivity index (χ1v) is 26.9. The highest BCUT2D eigenvalue weighted by Crippen LogP contribution is 2.49. The standard InChI is InChI=1S/C49H80O17P2/c1-3-5-7-8-9-10-11-12-13-14-15-16-17-18-19-22-25-28-32-36-42(51)62-38-41(64-43(52)37-33-29-26-23-20-21-24-27-31-35-40(50)34-30-6-4-2)39-63-68(60,61)66-49-46(55)44(53)45(54)48(47(49)56)65-67(57,58)59/h5-7,9-10,12-13,15-16,18-19,24,27,30-31,35,40-41,44-50,53-56H,3-4,8,11,14,17,20-23,25-26,28-29,32-34,36-39H2,1-2H3,(H,60,61)(H2,57,58,59)/b7-5-,10-9-,13-12-,16-15-,19-18-,27-24+,30-6+,35-31+/t40?,41-,44?,45?,46?,47?,48-,49+/m1/s1. The van der Waals surface area contributed by atoms with Gasteiger partial charge in [0, 0.05) is 12.8 Å². The third-order valence-electron chi connectivity index (χ3n) is 10.2. The van der Waals surface area contributed by atoms with Crippen molar-refractivity contribution in [2.75, 3.05) is 13.2 Å². The van der Waals surface area contributed by atoms with Crippen molar-refractivity contribution >= 4 is 27.6 Å². The summed E-state index contributed by atoms with van der Waals surface area (Å²) in [5.41, 5.74) is 0. The Morgan fingerprint density at radius 3 is 1.62 bits per heavy atom. The van der Waals surface area contributed by atoms with E-state index in [2.05, 4.69) is 72.2 Å². The summed E-state index contributed by atoms with van der Waals surface area (Å²) >= 11 is 0. The molecule has 0 bridgehead atoms. The molecule has 1 aliphatic rings. The maximum Gasteiger partial charge on any atom is 0.472 e. The van der Waals surface area contributed by atoms with Crippen molar-refractivity contribution in [3.63, 3.8) is 0 Å². The number of hydrogen-bond donors (Lipinski definition) is 8. The summed E-state index contributed by atoms with van der Waals surface area (Å²) in [4.78, 5) is 54.3. The van der Waals surface area contributed by atoms with E-state index in [9.17, 15) is 58.9 Å². The van der Waals surface area contributed by atoms with E-state index in [4.69, 9.17) is 18.5 Å². The molecule has 0 spiro atoms. The van der Waals surface area contributed by atoms with E-state index in [0.29, 0.717) is 25.7 Å². The minimum atomic E-state index is -5.38. The van der Waals surface area contributed by atoms with E-state index in [0.717, 1.165) is 83.5 Å². The fourth-order valence-electron chi connectivity index (χ4n) is 6.56. The Morgan fingerprint density at radius 1 is 0.544 bits per heavy atom. The molecule has 9 atom stereocenters. The molecular formula is C49H80O17P2. The number of allylic oxidation sites excluding steroid dienone is 14. The van der Waals surface area contributed by atoms with Gasteiger partial charge in [-0.3, -0.25) is 23.2 Å². The predicted molar refractivity (Wildman–Crippen MR) is 261 cm³/mol. The van der Waals surface area contributed by atoms with Crippen LogP contribution in [0.1, 0.15) is 136 Å². The molecule has 388 valence electrons. The van der Waals surface area contributed by atoms with Gasteiger partial charge >= 0.3 is 27.6 Å². The van der Waals surface area contributed by atoms with Crippen LogP contribution in [0.25, 0.3) is 0 Å². The minimum Gasteiger partial charge on any atom is -0.462 e. The van der Waals surface area contributed by atoms with Crippen molar-refractivity contribution in [2.24, 2.45) is 0 Å². The number of aliphatic hydroxyl groups excluding tert-OH is 5. The van der Waals surface area contributed by atoms with Gasteiger partial charge in [-0.05, 0) is 83.5 Å². The second kappa shape index (κ2) is 38.6. The summed E-state index contributed by atoms with van der Waals surface area (Å²) < 4.78 is 49.3. The Hall–Kier alpha value is -3.12. The number of ether oxygens (including phenoxy) is 2. The van der Waals surface area contributed by atoms with Gasteiger partial charge in [-0.25, -0.2) is 9.13 Å². The van der Waals surface area contributed by atoms with Crippen molar-refractivity contribution in [3.05, 3.63) is 97.2 Å². The molecule has 19 heteroatoms. The number of hydrogen-bond acceptors (Lipinski definition) is 14. The highest BCUT2D eigenvalue weighted by molar-refractivity contribution is 7.47. The quantitative estimate of drug-likeness (QED) is 0.00953. The summed E-state index contributed by atoms with van der Waals surface area (Å²) in [6.07, 6.45) is 31.2. The van der Waals surface area contributed by atoms with E-state index < -0.39 is 89.6 Å². The molecule has 0 radical (unpaired) electrons. The van der Waals surface area contributed by atoms with Crippen LogP contribution in [0, 0.1) is 0 Å². The summed E-state index contributed by atoms with van der Waals surface area (Å²) in [5.74, 6) is -1.31. The zero-order valence-corrected chi connectivity index (χ0v) is 41.6. The monoisotopic (exact) mass is 1000 g/mol. The molecule has 6 unspecified atom stereocenters. The lowest BCUT2D eigenvalue weighted by atomic mass is 9.85. The molecule has 1 aliphatic carbocycles. The first-order chi connectivity index (χ1) is 32.5. The van der Waals surface area contributed by atoms with Crippen LogP contribution in [0.5, 0.6) is 0 Å². The van der Waals surface area contributed by atoms with Crippen molar-refractivity contribution in [1.82, 2.24) is 0 Å². The van der Waals surface area contributed by atoms with Crippen LogP contribution in [0.2, 0.25) is 0 Å². The Morgan fingerprint density at radius 2 is 1.03 bits per heavy atom. The van der Waals surface area contributed by atoms with Crippen LogP contribution in [-0.2, 0) is 41.8 Å². The van der Waals surface area contributed by atoms with Gasteiger partial charge in [0.05, 0.1) is 12.7 Å². The third kappa shape index (κ3) is 32.6. The van der Waals surface area contributed by atoms with Gasteiger partial charge in [-0.15, -0.1) is 0 Å². The Bertz CT molecular complexity index is 1700. The number of aliphatic hydroxyl groups is 5. The van der Waals surface area contributed by atoms with Crippen LogP contribution in [0.15, 0.2) is 97.2 Å². The highest BCUT2D eigenvalue weighted by atomic mass is 31.2. The topological polar surface area (TPSA) is 276 Å². The predicted octanol–water partition coefficient (Wildman–Crippen LogP) is 8.14. The number of carbonyl (C=O) groups is 2. The second-order valence-electron chi connectivity index (χ2n) is 16.3. The fraction of sp³-hybridized carbons (Fsp3) is 0.633. The van der Waals surface area contributed by atoms with Crippen LogP contribution in [-0.4, -0.2) is 114 Å². The second-order valence-corrected chi connectivity index (χ2v) is 18.9. The molecule has 1 saturated carbocycles. The molecule has 68 heavy (non-hydrogen) atoms. The van der Waals surface area contributed by atoms with Crippen molar-refractivity contribution in [1.29, 1.82) is 0 Å². The molecule has 1 fully saturated rings. The molecular weight excluding hydrogens is 922 g/mol. The van der Waals surface area contributed by atoms with Gasteiger partial charge in [-0.2, -0.15) is 0 Å². The van der Waals surface area contributed by atoms with Crippen LogP contribution in [0.3, 0.4) is 0 Å². The number of unbranched alkanes of at least 4 members (excludes halogenated alkanes) is 8. The van der Waals surface area contributed by atoms with E-state index in [1.165, 1.54) is 0 Å². The van der Waals surface area contributed by atoms with Gasteiger partial charge in [0.15, 0.2) is 6.10 Å². The molecule has 0 saturated heterocycles. The van der Waals surface area contributed by atoms with Gasteiger partial charge in [0.25, 0.3) is 0 Å². The lowest BCUT2D eigenvalue weighted by molar-refractivity contribution is -0.216. The molecule has 0 aromatic heterocycles. The zero-order chi connectivity index (χ0) is 50.5. The first-order valence-electron chi connectivity index (χ1n) is 23.9. The van der Waals surface area contributed by atoms with Crippen molar-refractivity contribution < 1.29 is 82.0 Å². The van der Waals surface area contributed by atoms with E-state index in [-0.39, 0.29) is 12.8 Å². The fourth-order valence-corrected chi connectivity index (χ4v) is 8.10. The van der Waals surface area contributed by atoms with Crippen molar-refractivity contribution in [3.8, 4) is 0 Å². The zero-order valence-electron chi connectivity index (χ0n) is 39.9. The van der Waals surface area contributed by atoms with Crippen LogP contribution in [0.4, 0.5) is 0 Å². The van der Waals surface area contributed by atoms with Gasteiger partial charge in [0.1, 0.15) is 43.2 Å². The third-order valence-corrected chi connectivity index (χ3v) is 11.7. The first kappa shape index (κ1) is 62.9. The maximum atomic E-state index is 13.0. The van der Waals surface area contributed by atoms with Gasteiger partial charge < -0.3 is 49.7 Å². The summed E-state index contributed by atoms with van der Waals surface area (Å²) in [7, 11) is -10.7. The Balaban J connectivity index is 2.64. The van der Waals surface area contributed by atoms with Gasteiger partial charge in [-0.1, -0.05) is 137 Å². The molecule has 0 aliphatic heterocycles. The molecule has 0 amide bonds. The average molecular weight is 1000 g/mol. The Kier molecular flexibility index (Phi) is 35.7. The summed E-state index contributed by atoms with van der Waals surface area (Å²) in [5, 5.41) is 51.2. The number of carbonyl (C=O) groups excluding carboxylic acids is 2. The Labute approximate surface area is 403 Å². The molecule has 17 nitrogen and oxygen atoms in total. The van der Waals surface area contributed by atoms with E-state index >= 15 is 0 Å². The lowest BCUT2D eigenvalue weighted by Crippen LogP contribution is -2.64. The molecule has 0 aromatic rings. The lowest BCUT2D eigenvalue weighted by Gasteiger charge is -2.43. The molecule has 0 heterocycles. The average Bonchev–Trinajstić information content (AvgIpc) is 3.29. The van der Waals surface area contributed by atoms with Crippen molar-refractivity contribution in [2.45, 2.75) is 185 Å². The van der Waals surface area contributed by atoms with Crippen LogP contribution >= 0.6 is 15.6 Å². The maximum absolute atomic E-state index is 13.0. The molecule has 0 aromatic carbocycles. The normalized spacial score (nSPS) is 22.6. The smallest absolute Gasteiger partial charge is 0.462 e. The molecule has 8 N–H and O–H groups in total. The highest BCUT2D eigenvalue weighted by Gasteiger charge is 2.54. The number of phosphoric acid groups is 2. The van der Waals surface area contributed by atoms with E-state index in [1.54, 1.807) is 6.08 Å². The van der Waals surface area contributed by atoms with E-state index in [1.807, 2.05) is 37.3 Å². The number of esters is 2. The SMILES string of the molecule is CC/C=C\C/C=C\C/C=C\C/C=C\C/C=C\CCCCCC(=O)OC[C@H](COP(=O)(O)O[C@H]1C(O)C(O)C(O)[C@@H](OP(=O)(O)O)C1O)OC(=O)CCCCCCC/C=C/C=C/C(O)C/C=C/CC. The summed E-state index contributed by atoms with van der Waals surface area (Å²) in [6.45, 7) is 2.72. The summed E-state index contributed by atoms with van der Waals surface area (Å²) in [6, 6.07) is 0. The largest absolute Gasteiger partial charge is 0.472 e. The minimum absolute atomic E-state index is 0.0161. The number of rotatable bonds is 38. The van der Waals surface area contributed by atoms with Gasteiger partial charge in [0.2, 0.25) is 0 Å². The molecule has 1 rings (SSSR count). The van der Waals surface area contributed by atoms with Crippen LogP contribution < -0.4 is 0 Å². The number of phosphoric ester groups is 2.